The third-order valence-electron chi connectivity index (χ3n) is 5.30. The number of hydrogen-bond donors (Lipinski definition) is 1. The normalized spacial score (nSPS) is 13.3. The van der Waals surface area contributed by atoms with Crippen LogP contribution in [0.3, 0.4) is 0 Å². The molecule has 0 amide bonds. The molecule has 0 radical (unpaired) electrons. The fraction of sp³-hybridized carbons (Fsp3) is 0.208. The van der Waals surface area contributed by atoms with Crippen LogP contribution in [0, 0.1) is 17.1 Å². The van der Waals surface area contributed by atoms with Gasteiger partial charge >= 0.3 is 0 Å². The van der Waals surface area contributed by atoms with Gasteiger partial charge in [0, 0.05) is 43.5 Å². The van der Waals surface area contributed by atoms with E-state index in [1.165, 1.54) is 6.33 Å². The topological polar surface area (TPSA) is 90.1 Å². The number of rotatable bonds is 6. The van der Waals surface area contributed by atoms with Gasteiger partial charge < -0.3 is 10.2 Å². The van der Waals surface area contributed by atoms with Gasteiger partial charge in [-0.25, -0.2) is 9.97 Å². The fourth-order valence-corrected chi connectivity index (χ4v) is 3.66. The van der Waals surface area contributed by atoms with Crippen LogP contribution in [0.1, 0.15) is 29.3 Å². The van der Waals surface area contributed by atoms with Crippen molar-refractivity contribution in [3.05, 3.63) is 76.6 Å². The Morgan fingerprint density at radius 3 is 3.03 bits per heavy atom. The molecule has 0 aliphatic carbocycles. The second kappa shape index (κ2) is 9.35. The molecule has 0 saturated heterocycles. The molecule has 0 spiro atoms. The number of aliphatic imine (C=N–C) groups is 1. The van der Waals surface area contributed by atoms with Crippen molar-refractivity contribution in [2.75, 3.05) is 23.3 Å². The number of aromatic nitrogens is 3. The zero-order valence-electron chi connectivity index (χ0n) is 17.7. The SMILES string of the molecule is C=Nc1cc(C#N)ccc1/C=C(\C)CNc1ncnc(N2CCc3ncccc3C2)c1F. The number of nitriles is 1. The smallest absolute Gasteiger partial charge is 0.207 e. The van der Waals surface area contributed by atoms with Gasteiger partial charge in [0.25, 0.3) is 0 Å². The Balaban J connectivity index is 1.49. The van der Waals surface area contributed by atoms with Crippen molar-refractivity contribution in [2.24, 2.45) is 4.99 Å². The van der Waals surface area contributed by atoms with Crippen LogP contribution < -0.4 is 10.2 Å². The molecule has 0 bridgehead atoms. The Morgan fingerprint density at radius 1 is 1.34 bits per heavy atom. The summed E-state index contributed by atoms with van der Waals surface area (Å²) < 4.78 is 15.2. The van der Waals surface area contributed by atoms with Crippen LogP contribution in [0.4, 0.5) is 21.7 Å². The van der Waals surface area contributed by atoms with Gasteiger partial charge in [-0.05, 0) is 37.4 Å². The molecule has 0 atom stereocenters. The lowest BCUT2D eigenvalue weighted by atomic mass is 10.1. The fourth-order valence-electron chi connectivity index (χ4n) is 3.66. The van der Waals surface area contributed by atoms with E-state index in [0.29, 0.717) is 30.9 Å². The van der Waals surface area contributed by atoms with Crippen LogP contribution in [-0.4, -0.2) is 34.8 Å². The van der Waals surface area contributed by atoms with E-state index in [0.717, 1.165) is 28.8 Å². The Hall–Kier alpha value is -4.12. The minimum Gasteiger partial charge on any atom is -0.364 e. The number of nitrogens with zero attached hydrogens (tertiary/aromatic N) is 6. The highest BCUT2D eigenvalue weighted by atomic mass is 19.1. The molecule has 1 aliphatic heterocycles. The van der Waals surface area contributed by atoms with Gasteiger partial charge in [-0.2, -0.15) is 9.65 Å². The third-order valence-corrected chi connectivity index (χ3v) is 5.30. The van der Waals surface area contributed by atoms with E-state index >= 15 is 4.39 Å². The molecule has 0 unspecified atom stereocenters. The summed E-state index contributed by atoms with van der Waals surface area (Å²) in [7, 11) is 0. The largest absolute Gasteiger partial charge is 0.364 e. The molecule has 2 aromatic heterocycles. The molecule has 8 heteroatoms. The number of nitrogens with one attached hydrogen (secondary N) is 1. The third kappa shape index (κ3) is 4.47. The van der Waals surface area contributed by atoms with Crippen molar-refractivity contribution in [3.63, 3.8) is 0 Å². The lowest BCUT2D eigenvalue weighted by Crippen LogP contribution is -2.32. The van der Waals surface area contributed by atoms with Crippen molar-refractivity contribution in [1.82, 2.24) is 15.0 Å². The molecule has 3 aromatic rings. The van der Waals surface area contributed by atoms with E-state index in [2.05, 4.69) is 38.0 Å². The molecule has 32 heavy (non-hydrogen) atoms. The molecule has 1 N–H and O–H groups in total. The number of pyridine rings is 1. The molecule has 1 aliphatic rings. The minimum atomic E-state index is -0.473. The number of benzene rings is 1. The van der Waals surface area contributed by atoms with Gasteiger partial charge in [0.15, 0.2) is 11.6 Å². The maximum atomic E-state index is 15.2. The van der Waals surface area contributed by atoms with Crippen molar-refractivity contribution >= 4 is 30.1 Å². The van der Waals surface area contributed by atoms with Gasteiger partial charge in [0.1, 0.15) is 6.33 Å². The Labute approximate surface area is 186 Å². The second-order valence-electron chi connectivity index (χ2n) is 7.53. The summed E-state index contributed by atoms with van der Waals surface area (Å²) in [6.07, 6.45) is 5.82. The highest BCUT2D eigenvalue weighted by Crippen LogP contribution is 2.27. The molecule has 0 saturated carbocycles. The molecule has 7 nitrogen and oxygen atoms in total. The van der Waals surface area contributed by atoms with Crippen molar-refractivity contribution in [3.8, 4) is 6.07 Å². The van der Waals surface area contributed by atoms with Gasteiger partial charge in [-0.15, -0.1) is 0 Å². The average Bonchev–Trinajstić information content (AvgIpc) is 2.83. The van der Waals surface area contributed by atoms with E-state index in [9.17, 15) is 0 Å². The van der Waals surface area contributed by atoms with Crippen LogP contribution in [0.2, 0.25) is 0 Å². The first-order chi connectivity index (χ1) is 15.6. The number of anilines is 2. The molecule has 4 rings (SSSR count). The highest BCUT2D eigenvalue weighted by molar-refractivity contribution is 5.69. The van der Waals surface area contributed by atoms with Crippen LogP contribution in [0.15, 0.2) is 53.4 Å². The first kappa shape index (κ1) is 21.1. The van der Waals surface area contributed by atoms with Crippen LogP contribution in [0.25, 0.3) is 6.08 Å². The van der Waals surface area contributed by atoms with E-state index in [-0.39, 0.29) is 11.6 Å². The minimum absolute atomic E-state index is 0.154. The summed E-state index contributed by atoms with van der Waals surface area (Å²) in [6, 6.07) is 11.2. The second-order valence-corrected chi connectivity index (χ2v) is 7.53. The summed E-state index contributed by atoms with van der Waals surface area (Å²) in [5.41, 5.74) is 5.05. The van der Waals surface area contributed by atoms with Crippen molar-refractivity contribution in [2.45, 2.75) is 19.9 Å². The molecule has 1 aromatic carbocycles. The first-order valence-corrected chi connectivity index (χ1v) is 10.2. The lowest BCUT2D eigenvalue weighted by molar-refractivity contribution is 0.595. The van der Waals surface area contributed by atoms with E-state index in [1.54, 1.807) is 18.3 Å². The van der Waals surface area contributed by atoms with Crippen LogP contribution in [0.5, 0.6) is 0 Å². The molecule has 160 valence electrons. The van der Waals surface area contributed by atoms with Gasteiger partial charge in [0.2, 0.25) is 5.82 Å². The average molecular weight is 427 g/mol. The quantitative estimate of drug-likeness (QED) is 0.590. The van der Waals surface area contributed by atoms with Crippen molar-refractivity contribution < 1.29 is 4.39 Å². The molecular weight excluding hydrogens is 405 g/mol. The van der Waals surface area contributed by atoms with Crippen LogP contribution >= 0.6 is 0 Å². The zero-order valence-corrected chi connectivity index (χ0v) is 17.7. The number of hydrogen-bond acceptors (Lipinski definition) is 7. The molecule has 0 fully saturated rings. The monoisotopic (exact) mass is 427 g/mol. The maximum absolute atomic E-state index is 15.2. The zero-order chi connectivity index (χ0) is 22.5. The van der Waals surface area contributed by atoms with Gasteiger partial charge in [-0.1, -0.05) is 23.8 Å². The molecular formula is C24H22FN7. The van der Waals surface area contributed by atoms with Gasteiger partial charge in [-0.3, -0.25) is 9.98 Å². The predicted octanol–water partition coefficient (Wildman–Crippen LogP) is 4.29. The van der Waals surface area contributed by atoms with E-state index in [4.69, 9.17) is 5.26 Å². The Bertz CT molecular complexity index is 1230. The van der Waals surface area contributed by atoms with E-state index < -0.39 is 5.82 Å². The summed E-state index contributed by atoms with van der Waals surface area (Å²) >= 11 is 0. The van der Waals surface area contributed by atoms with Crippen molar-refractivity contribution in [1.29, 1.82) is 5.26 Å². The number of halogens is 1. The first-order valence-electron chi connectivity index (χ1n) is 10.2. The molecule has 3 heterocycles. The highest BCUT2D eigenvalue weighted by Gasteiger charge is 2.22. The standard InChI is InChI=1S/C24H22FN7/c1-16(10-18-6-5-17(12-26)11-21(18)27-2)13-29-23-22(25)24(31-15-30-23)32-9-7-20-19(14-32)4-3-8-28-20/h3-6,8,10-11,15H,2,7,9,13-14H2,1H3,(H,29,30,31)/b16-10+. The van der Waals surface area contributed by atoms with E-state index in [1.807, 2.05) is 36.1 Å². The Kier molecular flexibility index (Phi) is 6.17. The lowest BCUT2D eigenvalue weighted by Gasteiger charge is -2.29. The number of fused-ring (bicyclic) bond motifs is 1. The summed E-state index contributed by atoms with van der Waals surface area (Å²) in [5, 5.41) is 12.1. The van der Waals surface area contributed by atoms with Crippen LogP contribution in [-0.2, 0) is 13.0 Å². The summed E-state index contributed by atoms with van der Waals surface area (Å²) in [4.78, 5) is 18.6. The maximum Gasteiger partial charge on any atom is 0.207 e. The predicted molar refractivity (Wildman–Crippen MR) is 123 cm³/mol. The summed E-state index contributed by atoms with van der Waals surface area (Å²) in [6.45, 7) is 7.08. The summed E-state index contributed by atoms with van der Waals surface area (Å²) in [5.74, 6) is -0.0371. The van der Waals surface area contributed by atoms with Gasteiger partial charge in [0.05, 0.1) is 17.3 Å². The Morgan fingerprint density at radius 2 is 2.22 bits per heavy atom.